The van der Waals surface area contributed by atoms with Crippen LogP contribution in [0.15, 0.2) is 65.7 Å². The lowest BCUT2D eigenvalue weighted by Crippen LogP contribution is -2.27. The Kier molecular flexibility index (Phi) is 6.13. The molecule has 1 N–H and O–H groups in total. The zero-order valence-corrected chi connectivity index (χ0v) is 18.4. The van der Waals surface area contributed by atoms with E-state index in [1.807, 2.05) is 55.5 Å². The van der Waals surface area contributed by atoms with Crippen LogP contribution in [0.3, 0.4) is 0 Å². The van der Waals surface area contributed by atoms with E-state index in [1.54, 1.807) is 13.0 Å². The number of ether oxygens (including phenoxy) is 1. The number of benzene rings is 2. The summed E-state index contributed by atoms with van der Waals surface area (Å²) < 4.78 is 6.65. The van der Waals surface area contributed by atoms with Crippen LogP contribution in [0.2, 0.25) is 0 Å². The third-order valence-electron chi connectivity index (χ3n) is 4.93. The molecular formula is C24H21N3O4S. The number of anilines is 1. The molecule has 1 amide bonds. The maximum atomic E-state index is 13.0. The molecule has 4 aromatic rings. The molecule has 0 fully saturated rings. The van der Waals surface area contributed by atoms with Crippen molar-refractivity contribution >= 4 is 39.1 Å². The van der Waals surface area contributed by atoms with Gasteiger partial charge in [-0.3, -0.25) is 14.2 Å². The molecule has 0 atom stereocenters. The summed E-state index contributed by atoms with van der Waals surface area (Å²) in [5.41, 5.74) is 2.69. The van der Waals surface area contributed by atoms with Gasteiger partial charge in [0.15, 0.2) is 0 Å². The van der Waals surface area contributed by atoms with E-state index in [-0.39, 0.29) is 24.6 Å². The number of amides is 1. The number of rotatable bonds is 6. The molecule has 32 heavy (non-hydrogen) atoms. The summed E-state index contributed by atoms with van der Waals surface area (Å²) in [6.07, 6.45) is 1.33. The standard InChI is InChI=1S/C24H21N3O4S/c1-15-7-6-10-18(11-15)26-19(28)12-27-14-25-22-20(23(27)29)16(2)21(32-22)24(30)31-13-17-8-4-3-5-9-17/h3-11,14H,12-13H2,1-2H3,(H,26,28). The lowest BCUT2D eigenvalue weighted by molar-refractivity contribution is -0.116. The molecule has 0 saturated heterocycles. The smallest absolute Gasteiger partial charge is 0.349 e. The molecular weight excluding hydrogens is 426 g/mol. The van der Waals surface area contributed by atoms with Gasteiger partial charge in [-0.05, 0) is 42.7 Å². The van der Waals surface area contributed by atoms with Gasteiger partial charge in [-0.2, -0.15) is 0 Å². The van der Waals surface area contributed by atoms with Crippen molar-refractivity contribution in [2.75, 3.05) is 5.32 Å². The second-order valence-electron chi connectivity index (χ2n) is 7.39. The lowest BCUT2D eigenvalue weighted by atomic mass is 10.2. The van der Waals surface area contributed by atoms with Gasteiger partial charge in [-0.15, -0.1) is 11.3 Å². The fraction of sp³-hybridized carbons (Fsp3) is 0.167. The Labute approximate surface area is 188 Å². The van der Waals surface area contributed by atoms with Crippen molar-refractivity contribution in [3.05, 3.63) is 92.8 Å². The number of hydrogen-bond donors (Lipinski definition) is 1. The van der Waals surface area contributed by atoms with E-state index >= 15 is 0 Å². The number of nitrogens with zero attached hydrogens (tertiary/aromatic N) is 2. The molecule has 8 heteroatoms. The van der Waals surface area contributed by atoms with Gasteiger partial charge < -0.3 is 10.1 Å². The molecule has 2 heterocycles. The first-order valence-electron chi connectivity index (χ1n) is 9.98. The fourth-order valence-corrected chi connectivity index (χ4v) is 4.37. The monoisotopic (exact) mass is 447 g/mol. The molecule has 0 aliphatic carbocycles. The molecule has 0 unspecified atom stereocenters. The molecule has 0 bridgehead atoms. The Hall–Kier alpha value is -3.78. The van der Waals surface area contributed by atoms with Crippen LogP contribution < -0.4 is 10.9 Å². The molecule has 4 rings (SSSR count). The zero-order chi connectivity index (χ0) is 22.7. The maximum absolute atomic E-state index is 13.0. The number of aromatic nitrogens is 2. The minimum absolute atomic E-state index is 0.143. The van der Waals surface area contributed by atoms with E-state index in [9.17, 15) is 14.4 Å². The van der Waals surface area contributed by atoms with Crippen LogP contribution >= 0.6 is 11.3 Å². The van der Waals surface area contributed by atoms with Crippen molar-refractivity contribution in [1.82, 2.24) is 9.55 Å². The van der Waals surface area contributed by atoms with Crippen molar-refractivity contribution in [1.29, 1.82) is 0 Å². The van der Waals surface area contributed by atoms with Crippen molar-refractivity contribution in [3.8, 4) is 0 Å². The summed E-state index contributed by atoms with van der Waals surface area (Å²) in [4.78, 5) is 43.1. The minimum Gasteiger partial charge on any atom is -0.457 e. The Morgan fingerprint density at radius 3 is 2.62 bits per heavy atom. The minimum atomic E-state index is -0.502. The molecule has 0 spiro atoms. The van der Waals surface area contributed by atoms with Crippen molar-refractivity contribution in [2.24, 2.45) is 0 Å². The lowest BCUT2D eigenvalue weighted by Gasteiger charge is -2.08. The highest BCUT2D eigenvalue weighted by Crippen LogP contribution is 2.27. The number of thiophene rings is 1. The number of esters is 1. The first-order chi connectivity index (χ1) is 15.4. The molecule has 0 aliphatic rings. The average molecular weight is 448 g/mol. The van der Waals surface area contributed by atoms with Crippen LogP contribution in [0.25, 0.3) is 10.2 Å². The normalized spacial score (nSPS) is 10.8. The first-order valence-corrected chi connectivity index (χ1v) is 10.8. The predicted molar refractivity (Wildman–Crippen MR) is 124 cm³/mol. The second-order valence-corrected chi connectivity index (χ2v) is 8.39. The van der Waals surface area contributed by atoms with Gasteiger partial charge in [-0.1, -0.05) is 42.5 Å². The van der Waals surface area contributed by atoms with Crippen LogP contribution in [-0.2, 0) is 22.7 Å². The van der Waals surface area contributed by atoms with Gasteiger partial charge in [-0.25, -0.2) is 9.78 Å². The zero-order valence-electron chi connectivity index (χ0n) is 17.6. The van der Waals surface area contributed by atoms with Crippen LogP contribution in [-0.4, -0.2) is 21.4 Å². The SMILES string of the molecule is Cc1cccc(NC(=O)Cn2cnc3sc(C(=O)OCc4ccccc4)c(C)c3c2=O)c1. The van der Waals surface area contributed by atoms with E-state index in [0.29, 0.717) is 26.3 Å². The van der Waals surface area contributed by atoms with Crippen molar-refractivity contribution in [2.45, 2.75) is 27.0 Å². The van der Waals surface area contributed by atoms with E-state index in [4.69, 9.17) is 4.74 Å². The highest BCUT2D eigenvalue weighted by Gasteiger charge is 2.21. The van der Waals surface area contributed by atoms with Crippen molar-refractivity contribution < 1.29 is 14.3 Å². The topological polar surface area (TPSA) is 90.3 Å². The van der Waals surface area contributed by atoms with Gasteiger partial charge >= 0.3 is 5.97 Å². The number of hydrogen-bond acceptors (Lipinski definition) is 6. The largest absolute Gasteiger partial charge is 0.457 e. The number of fused-ring (bicyclic) bond motifs is 1. The van der Waals surface area contributed by atoms with E-state index < -0.39 is 5.97 Å². The third-order valence-corrected chi connectivity index (χ3v) is 6.11. The Balaban J connectivity index is 1.53. The molecule has 2 aromatic heterocycles. The summed E-state index contributed by atoms with van der Waals surface area (Å²) in [7, 11) is 0. The average Bonchev–Trinajstić information content (AvgIpc) is 3.12. The van der Waals surface area contributed by atoms with Gasteiger partial charge in [0.2, 0.25) is 5.91 Å². The van der Waals surface area contributed by atoms with Crippen LogP contribution in [0, 0.1) is 13.8 Å². The van der Waals surface area contributed by atoms with Crippen LogP contribution in [0.5, 0.6) is 0 Å². The van der Waals surface area contributed by atoms with E-state index in [0.717, 1.165) is 22.5 Å². The van der Waals surface area contributed by atoms with Crippen LogP contribution in [0.4, 0.5) is 5.69 Å². The summed E-state index contributed by atoms with van der Waals surface area (Å²) in [6, 6.07) is 16.8. The van der Waals surface area contributed by atoms with Crippen molar-refractivity contribution in [3.63, 3.8) is 0 Å². The number of aryl methyl sites for hydroxylation is 2. The summed E-state index contributed by atoms with van der Waals surface area (Å²) >= 11 is 1.11. The Morgan fingerprint density at radius 2 is 1.88 bits per heavy atom. The first kappa shape index (κ1) is 21.5. The fourth-order valence-electron chi connectivity index (χ4n) is 3.33. The summed E-state index contributed by atoms with van der Waals surface area (Å²) in [5, 5.41) is 3.11. The molecule has 0 saturated carbocycles. The quantitative estimate of drug-likeness (QED) is 0.450. The van der Waals surface area contributed by atoms with Gasteiger partial charge in [0.25, 0.3) is 5.56 Å². The van der Waals surface area contributed by atoms with Gasteiger partial charge in [0.05, 0.1) is 11.7 Å². The Morgan fingerprint density at radius 1 is 1.09 bits per heavy atom. The number of carbonyl (C=O) groups excluding carboxylic acids is 2. The summed E-state index contributed by atoms with van der Waals surface area (Å²) in [5.74, 6) is -0.841. The maximum Gasteiger partial charge on any atom is 0.349 e. The highest BCUT2D eigenvalue weighted by atomic mass is 32.1. The summed E-state index contributed by atoms with van der Waals surface area (Å²) in [6.45, 7) is 3.58. The van der Waals surface area contributed by atoms with Crippen LogP contribution in [0.1, 0.15) is 26.4 Å². The molecule has 162 valence electrons. The van der Waals surface area contributed by atoms with Gasteiger partial charge in [0.1, 0.15) is 22.9 Å². The van der Waals surface area contributed by atoms with E-state index in [1.165, 1.54) is 10.9 Å². The highest BCUT2D eigenvalue weighted by molar-refractivity contribution is 7.20. The molecule has 0 aliphatic heterocycles. The number of nitrogens with one attached hydrogen (secondary N) is 1. The number of carbonyl (C=O) groups is 2. The van der Waals surface area contributed by atoms with Gasteiger partial charge in [0, 0.05) is 5.69 Å². The third kappa shape index (κ3) is 4.60. The second kappa shape index (κ2) is 9.15. The molecule has 2 aromatic carbocycles. The Bertz CT molecular complexity index is 1360. The molecule has 7 nitrogen and oxygen atoms in total. The van der Waals surface area contributed by atoms with E-state index in [2.05, 4.69) is 10.3 Å². The predicted octanol–water partition coefficient (Wildman–Crippen LogP) is 4.07. The molecule has 0 radical (unpaired) electrons.